The molecule has 0 fully saturated rings. The quantitative estimate of drug-likeness (QED) is 0.525. The number of carbonyl (C=O) groups is 1. The van der Waals surface area contributed by atoms with Gasteiger partial charge in [0.2, 0.25) is 0 Å². The molecule has 1 N–H and O–H groups in total. The molecule has 144 valence electrons. The molecule has 1 aliphatic heterocycles. The van der Waals surface area contributed by atoms with E-state index in [1.165, 1.54) is 0 Å². The van der Waals surface area contributed by atoms with Gasteiger partial charge in [-0.15, -0.1) is 0 Å². The number of aromatic amines is 1. The van der Waals surface area contributed by atoms with Crippen molar-refractivity contribution in [3.05, 3.63) is 101 Å². The Labute approximate surface area is 169 Å². The number of para-hydroxylation sites is 1. The number of hydrogen-bond donors (Lipinski definition) is 1. The fraction of sp³-hybridized carbons (Fsp3) is 0.160. The number of nitrogens with one attached hydrogen (secondary N) is 1. The molecular formula is C25H22N2O2. The van der Waals surface area contributed by atoms with E-state index < -0.39 is 0 Å². The Hall–Kier alpha value is -3.53. The van der Waals surface area contributed by atoms with E-state index in [0.29, 0.717) is 6.54 Å². The van der Waals surface area contributed by atoms with Gasteiger partial charge in [-0.3, -0.25) is 4.79 Å². The fourth-order valence-corrected chi connectivity index (χ4v) is 4.30. The number of aryl methyl sites for hydroxylation is 1. The van der Waals surface area contributed by atoms with Crippen LogP contribution >= 0.6 is 0 Å². The number of nitrogens with zero attached hydrogens (tertiary/aromatic N) is 1. The van der Waals surface area contributed by atoms with Crippen LogP contribution in [0.3, 0.4) is 0 Å². The maximum absolute atomic E-state index is 13.4. The maximum Gasteiger partial charge on any atom is 0.255 e. The lowest BCUT2D eigenvalue weighted by atomic mass is 9.98. The van der Waals surface area contributed by atoms with E-state index in [4.69, 9.17) is 4.74 Å². The van der Waals surface area contributed by atoms with Gasteiger partial charge < -0.3 is 14.6 Å². The molecule has 0 spiro atoms. The van der Waals surface area contributed by atoms with Crippen molar-refractivity contribution >= 4 is 16.8 Å². The number of hydrogen-bond acceptors (Lipinski definition) is 2. The lowest BCUT2D eigenvalue weighted by molar-refractivity contribution is 0.0726. The zero-order valence-electron chi connectivity index (χ0n) is 16.5. The van der Waals surface area contributed by atoms with Crippen LogP contribution < -0.4 is 4.74 Å². The molecule has 0 radical (unpaired) electrons. The first-order chi connectivity index (χ1) is 14.2. The van der Waals surface area contributed by atoms with Crippen LogP contribution in [0.2, 0.25) is 0 Å². The Kier molecular flexibility index (Phi) is 4.13. The van der Waals surface area contributed by atoms with Crippen LogP contribution in [0.25, 0.3) is 10.9 Å². The van der Waals surface area contributed by atoms with Gasteiger partial charge in [0.15, 0.2) is 0 Å². The van der Waals surface area contributed by atoms with E-state index in [1.807, 2.05) is 53.4 Å². The summed E-state index contributed by atoms with van der Waals surface area (Å²) in [6, 6.07) is 24.0. The van der Waals surface area contributed by atoms with E-state index in [0.717, 1.165) is 44.6 Å². The molecule has 2 heterocycles. The second-order valence-corrected chi connectivity index (χ2v) is 7.55. The number of methoxy groups -OCH3 is 1. The highest BCUT2D eigenvalue weighted by Gasteiger charge is 2.36. The van der Waals surface area contributed by atoms with Crippen LogP contribution in [-0.4, -0.2) is 22.9 Å². The summed E-state index contributed by atoms with van der Waals surface area (Å²) in [4.78, 5) is 18.8. The van der Waals surface area contributed by atoms with E-state index in [9.17, 15) is 4.79 Å². The minimum absolute atomic E-state index is 0.0489. The molecule has 4 nitrogen and oxygen atoms in total. The standard InChI is InChI=1S/C25H22N2O2/c1-16-11-12-23(29-2)20(13-16)24(22-14-17-7-4-6-10-21(17)26-22)27-15-18-8-3-5-9-19(18)25(27)28/h3-14,24,26H,15H2,1-2H3/t24-/m1/s1. The molecule has 29 heavy (non-hydrogen) atoms. The Bertz CT molecular complexity index is 1190. The molecule has 4 heteroatoms. The van der Waals surface area contributed by atoms with Crippen LogP contribution in [0, 0.1) is 6.92 Å². The summed E-state index contributed by atoms with van der Waals surface area (Å²) in [6.45, 7) is 2.64. The van der Waals surface area contributed by atoms with Gasteiger partial charge in [0.05, 0.1) is 7.11 Å². The molecule has 1 atom stereocenters. The van der Waals surface area contributed by atoms with Gasteiger partial charge >= 0.3 is 0 Å². The molecule has 0 saturated heterocycles. The second-order valence-electron chi connectivity index (χ2n) is 7.55. The average Bonchev–Trinajstić information content (AvgIpc) is 3.30. The molecule has 1 aliphatic rings. The van der Waals surface area contributed by atoms with Crippen molar-refractivity contribution in [1.82, 2.24) is 9.88 Å². The normalized spacial score (nSPS) is 14.3. The Balaban J connectivity index is 1.70. The predicted octanol–water partition coefficient (Wildman–Crippen LogP) is 5.23. The summed E-state index contributed by atoms with van der Waals surface area (Å²) in [7, 11) is 1.68. The summed E-state index contributed by atoms with van der Waals surface area (Å²) in [6.07, 6.45) is 0. The highest BCUT2D eigenvalue weighted by molar-refractivity contribution is 5.99. The maximum atomic E-state index is 13.4. The number of benzene rings is 3. The Morgan fingerprint density at radius 2 is 1.79 bits per heavy atom. The predicted molar refractivity (Wildman–Crippen MR) is 114 cm³/mol. The molecule has 3 aromatic carbocycles. The third kappa shape index (κ3) is 2.88. The van der Waals surface area contributed by atoms with Gasteiger partial charge in [0.1, 0.15) is 11.8 Å². The number of rotatable bonds is 4. The van der Waals surface area contributed by atoms with Gasteiger partial charge in [-0.2, -0.15) is 0 Å². The van der Waals surface area contributed by atoms with E-state index in [1.54, 1.807) is 7.11 Å². The van der Waals surface area contributed by atoms with Gasteiger partial charge in [0.25, 0.3) is 5.91 Å². The minimum atomic E-state index is -0.267. The second kappa shape index (κ2) is 6.82. The number of H-pyrrole nitrogens is 1. The van der Waals surface area contributed by atoms with Gasteiger partial charge in [-0.25, -0.2) is 0 Å². The van der Waals surface area contributed by atoms with E-state index >= 15 is 0 Å². The summed E-state index contributed by atoms with van der Waals surface area (Å²) in [5.74, 6) is 0.829. The van der Waals surface area contributed by atoms with Crippen molar-refractivity contribution in [3.8, 4) is 5.75 Å². The molecule has 1 aromatic heterocycles. The van der Waals surface area contributed by atoms with Crippen molar-refractivity contribution in [2.75, 3.05) is 7.11 Å². The minimum Gasteiger partial charge on any atom is -0.496 e. The Morgan fingerprint density at radius 3 is 2.59 bits per heavy atom. The summed E-state index contributed by atoms with van der Waals surface area (Å²) >= 11 is 0. The van der Waals surface area contributed by atoms with Crippen molar-refractivity contribution in [2.45, 2.75) is 19.5 Å². The first kappa shape index (κ1) is 17.6. The zero-order valence-corrected chi connectivity index (χ0v) is 16.5. The summed E-state index contributed by atoms with van der Waals surface area (Å²) in [5.41, 5.74) is 6.00. The third-order valence-corrected chi connectivity index (χ3v) is 5.69. The molecule has 0 unspecified atom stereocenters. The number of amides is 1. The summed E-state index contributed by atoms with van der Waals surface area (Å²) in [5, 5.41) is 1.13. The highest BCUT2D eigenvalue weighted by atomic mass is 16.5. The molecule has 0 saturated carbocycles. The molecule has 4 aromatic rings. The van der Waals surface area contributed by atoms with Crippen molar-refractivity contribution in [1.29, 1.82) is 0 Å². The number of ether oxygens (including phenoxy) is 1. The first-order valence-corrected chi connectivity index (χ1v) is 9.77. The zero-order chi connectivity index (χ0) is 20.0. The van der Waals surface area contributed by atoms with Crippen molar-refractivity contribution in [2.24, 2.45) is 0 Å². The SMILES string of the molecule is COc1ccc(C)cc1[C@H](c1cc2ccccc2[nH]1)N1Cc2ccccc2C1=O. The monoisotopic (exact) mass is 382 g/mol. The molecule has 1 amide bonds. The number of fused-ring (bicyclic) bond motifs is 2. The highest BCUT2D eigenvalue weighted by Crippen LogP contribution is 2.40. The molecule has 5 rings (SSSR count). The van der Waals surface area contributed by atoms with E-state index in [2.05, 4.69) is 36.2 Å². The smallest absolute Gasteiger partial charge is 0.255 e. The third-order valence-electron chi connectivity index (χ3n) is 5.69. The van der Waals surface area contributed by atoms with Crippen LogP contribution in [0.1, 0.15) is 38.8 Å². The lowest BCUT2D eigenvalue weighted by Crippen LogP contribution is -2.30. The van der Waals surface area contributed by atoms with Crippen LogP contribution in [0.4, 0.5) is 0 Å². The average molecular weight is 382 g/mol. The molecule has 0 aliphatic carbocycles. The van der Waals surface area contributed by atoms with E-state index in [-0.39, 0.29) is 11.9 Å². The van der Waals surface area contributed by atoms with Crippen LogP contribution in [0.5, 0.6) is 5.75 Å². The largest absolute Gasteiger partial charge is 0.496 e. The van der Waals surface area contributed by atoms with Gasteiger partial charge in [-0.05, 0) is 48.2 Å². The lowest BCUT2D eigenvalue weighted by Gasteiger charge is -2.29. The van der Waals surface area contributed by atoms with Crippen LogP contribution in [-0.2, 0) is 6.54 Å². The Morgan fingerprint density at radius 1 is 1.00 bits per heavy atom. The van der Waals surface area contributed by atoms with Crippen LogP contribution in [0.15, 0.2) is 72.8 Å². The summed E-state index contributed by atoms with van der Waals surface area (Å²) < 4.78 is 5.70. The van der Waals surface area contributed by atoms with Gasteiger partial charge in [-0.1, -0.05) is 48.0 Å². The van der Waals surface area contributed by atoms with Crippen molar-refractivity contribution < 1.29 is 9.53 Å². The number of carbonyl (C=O) groups excluding carboxylic acids is 1. The topological polar surface area (TPSA) is 45.3 Å². The van der Waals surface area contributed by atoms with Crippen molar-refractivity contribution in [3.63, 3.8) is 0 Å². The first-order valence-electron chi connectivity index (χ1n) is 9.77. The fourth-order valence-electron chi connectivity index (χ4n) is 4.30. The number of aromatic nitrogens is 1. The molecular weight excluding hydrogens is 360 g/mol. The van der Waals surface area contributed by atoms with Gasteiger partial charge in [0, 0.05) is 28.9 Å². The molecule has 0 bridgehead atoms.